The smallest absolute Gasteiger partial charge is 0.0637 e. The first-order chi connectivity index (χ1) is 11.6. The Balaban J connectivity index is 2.22. The van der Waals surface area contributed by atoms with E-state index in [0.29, 0.717) is 0 Å². The topological polar surface area (TPSA) is 12.4 Å². The Bertz CT molecular complexity index is 812. The van der Waals surface area contributed by atoms with Crippen molar-refractivity contribution in [3.63, 3.8) is 0 Å². The molecule has 1 nitrogen and oxygen atoms in total. The lowest BCUT2D eigenvalue weighted by Gasteiger charge is -2.06. The van der Waals surface area contributed by atoms with Gasteiger partial charge in [-0.2, -0.15) is 4.99 Å². The summed E-state index contributed by atoms with van der Waals surface area (Å²) in [7, 11) is 0. The van der Waals surface area contributed by atoms with Gasteiger partial charge in [0.15, 0.2) is 0 Å². The number of nitrogens with zero attached hydrogens (tertiary/aromatic N) is 1. The predicted molar refractivity (Wildman–Crippen MR) is 112 cm³/mol. The SMILES string of the molecule is CCCCSc1ccc2cc(C(C)=CC=C(C)N=C=S)ccc2c1. The molecule has 2 aromatic carbocycles. The molecule has 0 aliphatic carbocycles. The van der Waals surface area contributed by atoms with Crippen molar-refractivity contribution >= 4 is 45.5 Å². The molecular formula is C21H23NS2. The second-order valence-electron chi connectivity index (χ2n) is 5.79. The second kappa shape index (κ2) is 9.58. The Morgan fingerprint density at radius 2 is 1.88 bits per heavy atom. The number of hydrogen-bond acceptors (Lipinski definition) is 3. The molecular weight excluding hydrogens is 330 g/mol. The van der Waals surface area contributed by atoms with Crippen LogP contribution in [0.4, 0.5) is 0 Å². The number of thiocarbonyl (C=S) groups is 1. The number of benzene rings is 2. The number of hydrogen-bond donors (Lipinski definition) is 0. The Kier molecular flexibility index (Phi) is 7.45. The fourth-order valence-corrected chi connectivity index (χ4v) is 3.53. The largest absolute Gasteiger partial charge is 0.200 e. The Morgan fingerprint density at radius 3 is 2.62 bits per heavy atom. The molecule has 0 aromatic heterocycles. The van der Waals surface area contributed by atoms with Gasteiger partial charge >= 0.3 is 0 Å². The van der Waals surface area contributed by atoms with Gasteiger partial charge in [0.1, 0.15) is 0 Å². The van der Waals surface area contributed by atoms with Crippen LogP contribution >= 0.6 is 24.0 Å². The van der Waals surface area contributed by atoms with E-state index in [1.807, 2.05) is 24.8 Å². The van der Waals surface area contributed by atoms with Crippen LogP contribution in [0.15, 0.2) is 64.1 Å². The van der Waals surface area contributed by atoms with Crippen LogP contribution in [-0.4, -0.2) is 10.9 Å². The van der Waals surface area contributed by atoms with Crippen molar-refractivity contribution < 1.29 is 0 Å². The molecule has 0 fully saturated rings. The molecule has 0 amide bonds. The fraction of sp³-hybridized carbons (Fsp3) is 0.286. The van der Waals surface area contributed by atoms with E-state index in [9.17, 15) is 0 Å². The zero-order valence-corrected chi connectivity index (χ0v) is 16.1. The summed E-state index contributed by atoms with van der Waals surface area (Å²) < 4.78 is 0. The molecule has 0 N–H and O–H groups in total. The van der Waals surface area contributed by atoms with Gasteiger partial charge in [-0.1, -0.05) is 37.6 Å². The van der Waals surface area contributed by atoms with E-state index in [4.69, 9.17) is 0 Å². The van der Waals surface area contributed by atoms with Crippen LogP contribution in [0.2, 0.25) is 0 Å². The van der Waals surface area contributed by atoms with Crippen molar-refractivity contribution in [2.45, 2.75) is 38.5 Å². The number of allylic oxidation sites excluding steroid dienone is 4. The highest BCUT2D eigenvalue weighted by atomic mass is 32.2. The normalized spacial score (nSPS) is 12.3. The van der Waals surface area contributed by atoms with Crippen molar-refractivity contribution in [1.82, 2.24) is 0 Å². The van der Waals surface area contributed by atoms with E-state index in [-0.39, 0.29) is 0 Å². The number of thioether (sulfide) groups is 1. The zero-order chi connectivity index (χ0) is 17.4. The lowest BCUT2D eigenvalue weighted by atomic mass is 10.0. The molecule has 124 valence electrons. The summed E-state index contributed by atoms with van der Waals surface area (Å²) in [5.41, 5.74) is 3.29. The highest BCUT2D eigenvalue weighted by Gasteiger charge is 2.01. The second-order valence-corrected chi connectivity index (χ2v) is 7.14. The highest BCUT2D eigenvalue weighted by molar-refractivity contribution is 7.99. The molecule has 0 saturated carbocycles. The minimum atomic E-state index is 0.860. The molecule has 24 heavy (non-hydrogen) atoms. The average Bonchev–Trinajstić information content (AvgIpc) is 2.59. The van der Waals surface area contributed by atoms with Gasteiger partial charge in [0.2, 0.25) is 0 Å². The molecule has 2 aromatic rings. The van der Waals surface area contributed by atoms with Gasteiger partial charge in [-0.15, -0.1) is 11.8 Å². The van der Waals surface area contributed by atoms with Crippen molar-refractivity contribution in [2.24, 2.45) is 4.99 Å². The number of aliphatic imine (C=N–C) groups is 1. The lowest BCUT2D eigenvalue weighted by Crippen LogP contribution is -1.83. The van der Waals surface area contributed by atoms with Gasteiger partial charge in [-0.05, 0) is 84.4 Å². The van der Waals surface area contributed by atoms with Crippen LogP contribution in [0.25, 0.3) is 16.3 Å². The van der Waals surface area contributed by atoms with Crippen molar-refractivity contribution in [3.8, 4) is 0 Å². The summed E-state index contributed by atoms with van der Waals surface area (Å²) in [4.78, 5) is 5.31. The fourth-order valence-electron chi connectivity index (χ4n) is 2.34. The number of isothiocyanates is 1. The Hall–Kier alpha value is -1.67. The highest BCUT2D eigenvalue weighted by Crippen LogP contribution is 2.27. The van der Waals surface area contributed by atoms with E-state index >= 15 is 0 Å². The Morgan fingerprint density at radius 1 is 1.12 bits per heavy atom. The maximum atomic E-state index is 4.62. The summed E-state index contributed by atoms with van der Waals surface area (Å²) in [5.74, 6) is 1.19. The molecule has 0 heterocycles. The maximum absolute atomic E-state index is 4.62. The quantitative estimate of drug-likeness (QED) is 0.172. The van der Waals surface area contributed by atoms with Crippen molar-refractivity contribution in [1.29, 1.82) is 0 Å². The third-order valence-electron chi connectivity index (χ3n) is 3.83. The molecule has 0 spiro atoms. The van der Waals surface area contributed by atoms with E-state index < -0.39 is 0 Å². The molecule has 0 saturated heterocycles. The van der Waals surface area contributed by atoms with Gasteiger partial charge in [0, 0.05) is 10.6 Å². The molecule has 0 radical (unpaired) electrons. The van der Waals surface area contributed by atoms with Gasteiger partial charge in [0.25, 0.3) is 0 Å². The lowest BCUT2D eigenvalue weighted by molar-refractivity contribution is 0.896. The molecule has 0 unspecified atom stereocenters. The molecule has 0 aliphatic rings. The molecule has 3 heteroatoms. The standard InChI is InChI=1S/C21H23NS2/c1-4-5-12-24-21-11-10-19-13-18(8-9-20(19)14-21)16(2)6-7-17(3)22-15-23/h6-11,13-14H,4-5,12H2,1-3H3. The molecule has 0 atom stereocenters. The monoisotopic (exact) mass is 353 g/mol. The number of rotatable bonds is 7. The van der Waals surface area contributed by atoms with Gasteiger partial charge in [-0.3, -0.25) is 0 Å². The van der Waals surface area contributed by atoms with Crippen LogP contribution in [0.3, 0.4) is 0 Å². The summed E-state index contributed by atoms with van der Waals surface area (Å²) in [6, 6.07) is 13.4. The molecule has 0 aliphatic heterocycles. The van der Waals surface area contributed by atoms with E-state index in [2.05, 4.69) is 78.7 Å². The third-order valence-corrected chi connectivity index (χ3v) is 5.00. The minimum Gasteiger partial charge on any atom is -0.200 e. The van der Waals surface area contributed by atoms with Crippen molar-refractivity contribution in [3.05, 3.63) is 59.8 Å². The van der Waals surface area contributed by atoms with Crippen LogP contribution in [0.5, 0.6) is 0 Å². The summed E-state index contributed by atoms with van der Waals surface area (Å²) in [6.07, 6.45) is 6.55. The first kappa shape index (κ1) is 18.7. The number of fused-ring (bicyclic) bond motifs is 1. The molecule has 2 rings (SSSR count). The van der Waals surface area contributed by atoms with Gasteiger partial charge in [-0.25, -0.2) is 0 Å². The summed E-state index contributed by atoms with van der Waals surface area (Å²) >= 11 is 6.56. The van der Waals surface area contributed by atoms with Crippen LogP contribution < -0.4 is 0 Å². The first-order valence-electron chi connectivity index (χ1n) is 8.24. The minimum absolute atomic E-state index is 0.860. The Labute approximate surface area is 154 Å². The maximum Gasteiger partial charge on any atom is 0.0637 e. The molecule has 0 bridgehead atoms. The van der Waals surface area contributed by atoms with Crippen LogP contribution in [-0.2, 0) is 0 Å². The van der Waals surface area contributed by atoms with Gasteiger partial charge in [0.05, 0.1) is 5.16 Å². The van der Waals surface area contributed by atoms with Crippen molar-refractivity contribution in [2.75, 3.05) is 5.75 Å². The first-order valence-corrected chi connectivity index (χ1v) is 9.63. The van der Waals surface area contributed by atoms with E-state index in [1.165, 1.54) is 45.4 Å². The van der Waals surface area contributed by atoms with Gasteiger partial charge < -0.3 is 0 Å². The van der Waals surface area contributed by atoms with E-state index in [1.54, 1.807) is 0 Å². The summed E-state index contributed by atoms with van der Waals surface area (Å²) in [6.45, 7) is 6.26. The average molecular weight is 354 g/mol. The zero-order valence-electron chi connectivity index (χ0n) is 14.5. The van der Waals surface area contributed by atoms with Crippen LogP contribution in [0, 0.1) is 0 Å². The summed E-state index contributed by atoms with van der Waals surface area (Å²) in [5, 5.41) is 4.96. The third kappa shape index (κ3) is 5.45. The number of unbranched alkanes of at least 4 members (excludes halogenated alkanes) is 1. The predicted octanol–water partition coefficient (Wildman–Crippen LogP) is 7.14. The van der Waals surface area contributed by atoms with Crippen LogP contribution in [0.1, 0.15) is 39.2 Å². The van der Waals surface area contributed by atoms with E-state index in [0.717, 1.165) is 5.70 Å².